The van der Waals surface area contributed by atoms with E-state index in [4.69, 9.17) is 23.2 Å². The largest absolute Gasteiger partial charge is 0.377 e. The zero-order valence-electron chi connectivity index (χ0n) is 12.3. The van der Waals surface area contributed by atoms with Gasteiger partial charge in [-0.15, -0.1) is 0 Å². The number of aromatic amines is 1. The molecule has 0 bridgehead atoms. The number of rotatable bonds is 2. The van der Waals surface area contributed by atoms with Crippen LogP contribution in [0.15, 0.2) is 40.9 Å². The highest BCUT2D eigenvalue weighted by atomic mass is 79.9. The first-order valence-electron chi connectivity index (χ1n) is 7.63. The summed E-state index contributed by atoms with van der Waals surface area (Å²) in [5.74, 6) is 0. The second-order valence-electron chi connectivity index (χ2n) is 5.93. The molecule has 3 aromatic rings. The van der Waals surface area contributed by atoms with Crippen molar-refractivity contribution in [2.75, 3.05) is 5.32 Å². The molecule has 2 nitrogen and oxygen atoms in total. The second-order valence-corrected chi connectivity index (χ2v) is 7.66. The fourth-order valence-corrected chi connectivity index (χ4v) is 4.03. The molecule has 1 aromatic heterocycles. The Hall–Kier alpha value is -1.16. The maximum absolute atomic E-state index is 6.13. The monoisotopic (exact) mass is 408 g/mol. The summed E-state index contributed by atoms with van der Waals surface area (Å²) in [7, 11) is 0. The molecular formula is C18H15BrCl2N2. The summed E-state index contributed by atoms with van der Waals surface area (Å²) in [4.78, 5) is 3.60. The van der Waals surface area contributed by atoms with Gasteiger partial charge in [0.05, 0.1) is 16.1 Å². The van der Waals surface area contributed by atoms with E-state index in [9.17, 15) is 0 Å². The first kappa shape index (κ1) is 15.4. The standard InChI is InChI=1S/C18H15BrCl2N2/c19-10-4-7-16-13(8-10)12-2-1-3-17(18(12)23-16)22-11-5-6-14(20)15(21)9-11/h4-9,17,22-23H,1-3H2. The van der Waals surface area contributed by atoms with Crippen molar-refractivity contribution < 1.29 is 0 Å². The van der Waals surface area contributed by atoms with Crippen molar-refractivity contribution in [3.8, 4) is 0 Å². The van der Waals surface area contributed by atoms with E-state index in [-0.39, 0.29) is 6.04 Å². The van der Waals surface area contributed by atoms with Crippen LogP contribution >= 0.6 is 39.1 Å². The van der Waals surface area contributed by atoms with Crippen molar-refractivity contribution in [3.63, 3.8) is 0 Å². The lowest BCUT2D eigenvalue weighted by atomic mass is 9.91. The molecule has 0 fully saturated rings. The highest BCUT2D eigenvalue weighted by Crippen LogP contribution is 2.38. The molecule has 0 amide bonds. The quantitative estimate of drug-likeness (QED) is 0.482. The van der Waals surface area contributed by atoms with Crippen molar-refractivity contribution >= 4 is 55.7 Å². The van der Waals surface area contributed by atoms with Crippen LogP contribution in [0.1, 0.15) is 30.1 Å². The van der Waals surface area contributed by atoms with Crippen LogP contribution in [0.2, 0.25) is 10.0 Å². The summed E-state index contributed by atoms with van der Waals surface area (Å²) in [6.45, 7) is 0. The van der Waals surface area contributed by atoms with Gasteiger partial charge in [0.25, 0.3) is 0 Å². The van der Waals surface area contributed by atoms with Gasteiger partial charge in [0.15, 0.2) is 0 Å². The number of hydrogen-bond acceptors (Lipinski definition) is 1. The van der Waals surface area contributed by atoms with Gasteiger partial charge >= 0.3 is 0 Å². The van der Waals surface area contributed by atoms with Crippen molar-refractivity contribution in [1.29, 1.82) is 0 Å². The Bertz CT molecular complexity index is 888. The van der Waals surface area contributed by atoms with E-state index in [0.29, 0.717) is 10.0 Å². The molecule has 0 radical (unpaired) electrons. The average molecular weight is 410 g/mol. The number of benzene rings is 2. The molecule has 1 aliphatic rings. The van der Waals surface area contributed by atoms with Gasteiger partial charge in [0, 0.05) is 26.8 Å². The summed E-state index contributed by atoms with van der Waals surface area (Å²) in [6, 6.07) is 12.4. The summed E-state index contributed by atoms with van der Waals surface area (Å²) in [5, 5.41) is 6.07. The Morgan fingerprint density at radius 1 is 1.09 bits per heavy atom. The molecule has 1 unspecified atom stereocenters. The van der Waals surface area contributed by atoms with Gasteiger partial charge in [0.1, 0.15) is 0 Å². The van der Waals surface area contributed by atoms with Crippen LogP contribution in [0.4, 0.5) is 5.69 Å². The minimum atomic E-state index is 0.266. The van der Waals surface area contributed by atoms with Crippen LogP contribution in [0.3, 0.4) is 0 Å². The van der Waals surface area contributed by atoms with Gasteiger partial charge in [-0.05, 0) is 61.2 Å². The average Bonchev–Trinajstić information content (AvgIpc) is 2.90. The van der Waals surface area contributed by atoms with E-state index in [2.05, 4.69) is 44.4 Å². The molecule has 2 aromatic carbocycles. The smallest absolute Gasteiger partial charge is 0.0666 e. The number of anilines is 1. The number of aryl methyl sites for hydroxylation is 1. The Morgan fingerprint density at radius 2 is 1.96 bits per heavy atom. The van der Waals surface area contributed by atoms with E-state index >= 15 is 0 Å². The number of hydrogen-bond donors (Lipinski definition) is 2. The van der Waals surface area contributed by atoms with Crippen LogP contribution in [-0.2, 0) is 6.42 Å². The van der Waals surface area contributed by atoms with E-state index in [1.807, 2.05) is 18.2 Å². The molecule has 2 N–H and O–H groups in total. The maximum atomic E-state index is 6.13. The van der Waals surface area contributed by atoms with Crippen LogP contribution in [-0.4, -0.2) is 4.98 Å². The van der Waals surface area contributed by atoms with Crippen molar-refractivity contribution in [1.82, 2.24) is 4.98 Å². The van der Waals surface area contributed by atoms with E-state index in [1.54, 1.807) is 0 Å². The lowest BCUT2D eigenvalue weighted by Gasteiger charge is -2.25. The first-order chi connectivity index (χ1) is 11.1. The van der Waals surface area contributed by atoms with Crippen LogP contribution in [0.25, 0.3) is 10.9 Å². The fraction of sp³-hybridized carbons (Fsp3) is 0.222. The number of fused-ring (bicyclic) bond motifs is 3. The predicted molar refractivity (Wildman–Crippen MR) is 102 cm³/mol. The number of halogens is 3. The Balaban J connectivity index is 1.72. The minimum Gasteiger partial charge on any atom is -0.377 e. The minimum absolute atomic E-state index is 0.266. The molecule has 23 heavy (non-hydrogen) atoms. The summed E-state index contributed by atoms with van der Waals surface area (Å²) in [5.41, 5.74) is 4.90. The van der Waals surface area contributed by atoms with Gasteiger partial charge in [-0.25, -0.2) is 0 Å². The van der Waals surface area contributed by atoms with Gasteiger partial charge in [0.2, 0.25) is 0 Å². The van der Waals surface area contributed by atoms with Gasteiger partial charge < -0.3 is 10.3 Å². The normalized spacial score (nSPS) is 17.3. The number of aromatic nitrogens is 1. The summed E-state index contributed by atoms with van der Waals surface area (Å²) < 4.78 is 1.12. The van der Waals surface area contributed by atoms with Crippen LogP contribution in [0.5, 0.6) is 0 Å². The number of nitrogens with one attached hydrogen (secondary N) is 2. The zero-order valence-corrected chi connectivity index (χ0v) is 15.4. The molecule has 0 spiro atoms. The Morgan fingerprint density at radius 3 is 2.78 bits per heavy atom. The molecule has 0 saturated carbocycles. The first-order valence-corrected chi connectivity index (χ1v) is 9.18. The van der Waals surface area contributed by atoms with Crippen molar-refractivity contribution in [2.24, 2.45) is 0 Å². The lowest BCUT2D eigenvalue weighted by Crippen LogP contribution is -2.17. The molecule has 1 heterocycles. The third-order valence-corrected chi connectivity index (χ3v) is 5.66. The molecule has 1 aliphatic carbocycles. The predicted octanol–water partition coefficient (Wildman–Crippen LogP) is 6.73. The molecular weight excluding hydrogens is 395 g/mol. The summed E-state index contributed by atoms with van der Waals surface area (Å²) in [6.07, 6.45) is 3.39. The molecule has 5 heteroatoms. The van der Waals surface area contributed by atoms with Gasteiger partial charge in [-0.2, -0.15) is 0 Å². The molecule has 0 saturated heterocycles. The maximum Gasteiger partial charge on any atom is 0.0666 e. The van der Waals surface area contributed by atoms with Gasteiger partial charge in [-0.1, -0.05) is 39.1 Å². The highest BCUT2D eigenvalue weighted by molar-refractivity contribution is 9.10. The molecule has 4 rings (SSSR count). The van der Waals surface area contributed by atoms with E-state index < -0.39 is 0 Å². The SMILES string of the molecule is Clc1ccc(NC2CCCc3c2[nH]c2ccc(Br)cc32)cc1Cl. The second kappa shape index (κ2) is 6.04. The van der Waals surface area contributed by atoms with Crippen LogP contribution < -0.4 is 5.32 Å². The molecule has 0 aliphatic heterocycles. The Kier molecular flexibility index (Phi) is 4.04. The van der Waals surface area contributed by atoms with Crippen molar-refractivity contribution in [2.45, 2.75) is 25.3 Å². The Labute approximate surface area is 153 Å². The summed E-state index contributed by atoms with van der Waals surface area (Å²) >= 11 is 15.7. The zero-order chi connectivity index (χ0) is 16.0. The topological polar surface area (TPSA) is 27.8 Å². The van der Waals surface area contributed by atoms with E-state index in [1.165, 1.54) is 28.6 Å². The molecule has 1 atom stereocenters. The third kappa shape index (κ3) is 2.86. The van der Waals surface area contributed by atoms with Crippen molar-refractivity contribution in [3.05, 3.63) is 62.2 Å². The fourth-order valence-electron chi connectivity index (χ4n) is 3.37. The lowest BCUT2D eigenvalue weighted by molar-refractivity contribution is 0.593. The highest BCUT2D eigenvalue weighted by Gasteiger charge is 2.24. The van der Waals surface area contributed by atoms with Crippen LogP contribution in [0, 0.1) is 0 Å². The van der Waals surface area contributed by atoms with Gasteiger partial charge in [-0.3, -0.25) is 0 Å². The number of H-pyrrole nitrogens is 1. The van der Waals surface area contributed by atoms with E-state index in [0.717, 1.165) is 23.0 Å². The molecule has 118 valence electrons. The third-order valence-electron chi connectivity index (χ3n) is 4.43.